The fourth-order valence-electron chi connectivity index (χ4n) is 3.16. The quantitative estimate of drug-likeness (QED) is 0.916. The van der Waals surface area contributed by atoms with Gasteiger partial charge in [0.1, 0.15) is 11.4 Å². The number of thiophene rings is 1. The Morgan fingerprint density at radius 3 is 3.13 bits per heavy atom. The average Bonchev–Trinajstić information content (AvgIpc) is 3.22. The second kappa shape index (κ2) is 7.27. The molecule has 3 heterocycles. The molecular weight excluding hydrogens is 308 g/mol. The highest BCUT2D eigenvalue weighted by atomic mass is 32.1. The molecule has 2 aromatic heterocycles. The minimum Gasteiger partial charge on any atom is -0.350 e. The minimum absolute atomic E-state index is 0.0311. The molecule has 1 saturated heterocycles. The van der Waals surface area contributed by atoms with Crippen LogP contribution in [0.4, 0.5) is 0 Å². The van der Waals surface area contributed by atoms with E-state index in [0.29, 0.717) is 11.6 Å². The van der Waals surface area contributed by atoms with Gasteiger partial charge in [0.2, 0.25) is 0 Å². The van der Waals surface area contributed by atoms with Crippen LogP contribution >= 0.6 is 11.3 Å². The van der Waals surface area contributed by atoms with E-state index in [1.54, 1.807) is 16.0 Å². The molecule has 6 heteroatoms. The Morgan fingerprint density at radius 1 is 1.52 bits per heavy atom. The van der Waals surface area contributed by atoms with Gasteiger partial charge in [0.25, 0.3) is 5.91 Å². The Bertz CT molecular complexity index is 650. The van der Waals surface area contributed by atoms with E-state index >= 15 is 0 Å². The molecule has 5 nitrogen and oxygen atoms in total. The number of nitrogens with zero attached hydrogens (tertiary/aromatic N) is 3. The lowest BCUT2D eigenvalue weighted by Gasteiger charge is -2.31. The Kier molecular flexibility index (Phi) is 5.13. The van der Waals surface area contributed by atoms with E-state index < -0.39 is 0 Å². The van der Waals surface area contributed by atoms with E-state index in [2.05, 4.69) is 22.2 Å². The summed E-state index contributed by atoms with van der Waals surface area (Å²) in [6.45, 7) is 6.31. The molecule has 1 N–H and O–H groups in total. The number of aryl methyl sites for hydroxylation is 1. The summed E-state index contributed by atoms with van der Waals surface area (Å²) in [7, 11) is 1.82. The van der Waals surface area contributed by atoms with Gasteiger partial charge in [-0.15, -0.1) is 11.3 Å². The fraction of sp³-hybridized carbons (Fsp3) is 0.529. The van der Waals surface area contributed by atoms with Gasteiger partial charge in [-0.05, 0) is 49.4 Å². The number of carbonyl (C=O) groups excluding carboxylic acids is 1. The van der Waals surface area contributed by atoms with Crippen LogP contribution in [0.1, 0.15) is 30.3 Å². The zero-order valence-electron chi connectivity index (χ0n) is 13.8. The Morgan fingerprint density at radius 2 is 2.39 bits per heavy atom. The van der Waals surface area contributed by atoms with Crippen LogP contribution in [0.3, 0.4) is 0 Å². The summed E-state index contributed by atoms with van der Waals surface area (Å²) in [6, 6.07) is 5.90. The van der Waals surface area contributed by atoms with E-state index in [1.165, 1.54) is 19.4 Å². The Balaban J connectivity index is 1.60. The Labute approximate surface area is 141 Å². The maximum Gasteiger partial charge on any atom is 0.269 e. The predicted molar refractivity (Wildman–Crippen MR) is 93.7 cm³/mol. The number of piperidine rings is 1. The van der Waals surface area contributed by atoms with Gasteiger partial charge in [0.05, 0.1) is 4.88 Å². The first-order valence-corrected chi connectivity index (χ1v) is 9.13. The van der Waals surface area contributed by atoms with E-state index in [0.717, 1.165) is 30.2 Å². The standard InChI is InChI=1S/C17H24N4OS/c1-3-21-8-4-6-13(12-21)11-18-17(22)15-10-14(19-20(15)2)16-7-5-9-23-16/h5,7,9-10,13H,3-4,6,8,11-12H2,1-2H3,(H,18,22)/t13-/m0/s1. The van der Waals surface area contributed by atoms with Crippen molar-refractivity contribution in [3.05, 3.63) is 29.3 Å². The molecule has 1 aliphatic rings. The fourth-order valence-corrected chi connectivity index (χ4v) is 3.84. The molecular formula is C17H24N4OS. The van der Waals surface area contributed by atoms with Crippen LogP contribution in [0.2, 0.25) is 0 Å². The van der Waals surface area contributed by atoms with Crippen molar-refractivity contribution < 1.29 is 4.79 Å². The second-order valence-corrected chi connectivity index (χ2v) is 7.07. The molecule has 3 rings (SSSR count). The van der Waals surface area contributed by atoms with Crippen LogP contribution in [-0.2, 0) is 7.05 Å². The van der Waals surface area contributed by atoms with E-state index in [-0.39, 0.29) is 5.91 Å². The summed E-state index contributed by atoms with van der Waals surface area (Å²) >= 11 is 1.64. The maximum absolute atomic E-state index is 12.5. The number of likely N-dealkylation sites (tertiary alicyclic amines) is 1. The molecule has 1 aliphatic heterocycles. The summed E-state index contributed by atoms with van der Waals surface area (Å²) in [5, 5.41) is 9.56. The molecule has 0 aliphatic carbocycles. The molecule has 0 aromatic carbocycles. The minimum atomic E-state index is -0.0311. The molecule has 124 valence electrons. The molecule has 0 radical (unpaired) electrons. The second-order valence-electron chi connectivity index (χ2n) is 6.13. The molecule has 23 heavy (non-hydrogen) atoms. The number of nitrogens with one attached hydrogen (secondary N) is 1. The number of hydrogen-bond donors (Lipinski definition) is 1. The number of aromatic nitrogens is 2. The van der Waals surface area contributed by atoms with Crippen LogP contribution in [0.25, 0.3) is 10.6 Å². The van der Waals surface area contributed by atoms with Gasteiger partial charge in [-0.1, -0.05) is 13.0 Å². The lowest BCUT2D eigenvalue weighted by molar-refractivity contribution is 0.0924. The molecule has 2 aromatic rings. The number of hydrogen-bond acceptors (Lipinski definition) is 4. The zero-order valence-corrected chi connectivity index (χ0v) is 14.6. The van der Waals surface area contributed by atoms with Gasteiger partial charge < -0.3 is 10.2 Å². The van der Waals surface area contributed by atoms with Crippen LogP contribution in [0, 0.1) is 5.92 Å². The highest BCUT2D eigenvalue weighted by Gasteiger charge is 2.20. The Hall–Kier alpha value is -1.66. The summed E-state index contributed by atoms with van der Waals surface area (Å²) < 4.78 is 1.67. The third-order valence-electron chi connectivity index (χ3n) is 4.49. The monoisotopic (exact) mass is 332 g/mol. The highest BCUT2D eigenvalue weighted by Crippen LogP contribution is 2.24. The van der Waals surface area contributed by atoms with Gasteiger partial charge in [0.15, 0.2) is 0 Å². The number of carbonyl (C=O) groups is 1. The largest absolute Gasteiger partial charge is 0.350 e. The van der Waals surface area contributed by atoms with Crippen molar-refractivity contribution in [1.29, 1.82) is 0 Å². The van der Waals surface area contributed by atoms with Gasteiger partial charge in [-0.2, -0.15) is 5.10 Å². The van der Waals surface area contributed by atoms with Crippen molar-refractivity contribution in [2.24, 2.45) is 13.0 Å². The smallest absolute Gasteiger partial charge is 0.269 e. The molecule has 0 spiro atoms. The van der Waals surface area contributed by atoms with Crippen molar-refractivity contribution in [1.82, 2.24) is 20.0 Å². The predicted octanol–water partition coefficient (Wildman–Crippen LogP) is 2.61. The summed E-state index contributed by atoms with van der Waals surface area (Å²) in [5.74, 6) is 0.522. The topological polar surface area (TPSA) is 50.2 Å². The summed E-state index contributed by atoms with van der Waals surface area (Å²) in [6.07, 6.45) is 2.42. The van der Waals surface area contributed by atoms with E-state index in [4.69, 9.17) is 0 Å². The van der Waals surface area contributed by atoms with Gasteiger partial charge in [0, 0.05) is 20.1 Å². The first kappa shape index (κ1) is 16.2. The number of rotatable bonds is 5. The molecule has 0 bridgehead atoms. The lowest BCUT2D eigenvalue weighted by atomic mass is 9.98. The van der Waals surface area contributed by atoms with Crippen molar-refractivity contribution in [3.8, 4) is 10.6 Å². The lowest BCUT2D eigenvalue weighted by Crippen LogP contribution is -2.41. The van der Waals surface area contributed by atoms with Crippen LogP contribution in [0.5, 0.6) is 0 Å². The maximum atomic E-state index is 12.5. The van der Waals surface area contributed by atoms with Gasteiger partial charge >= 0.3 is 0 Å². The molecule has 1 amide bonds. The number of amides is 1. The van der Waals surface area contributed by atoms with Crippen molar-refractivity contribution >= 4 is 17.2 Å². The SMILES string of the molecule is CCN1CCC[C@@H](CNC(=O)c2cc(-c3cccs3)nn2C)C1. The van der Waals surface area contributed by atoms with Crippen LogP contribution in [0.15, 0.2) is 23.6 Å². The third kappa shape index (κ3) is 3.82. The summed E-state index contributed by atoms with van der Waals surface area (Å²) in [4.78, 5) is 16.0. The highest BCUT2D eigenvalue weighted by molar-refractivity contribution is 7.13. The average molecular weight is 332 g/mol. The van der Waals surface area contributed by atoms with Gasteiger partial charge in [-0.3, -0.25) is 9.48 Å². The van der Waals surface area contributed by atoms with Crippen molar-refractivity contribution in [2.75, 3.05) is 26.2 Å². The third-order valence-corrected chi connectivity index (χ3v) is 5.38. The zero-order chi connectivity index (χ0) is 16.2. The molecule has 1 fully saturated rings. The van der Waals surface area contributed by atoms with Gasteiger partial charge in [-0.25, -0.2) is 0 Å². The van der Waals surface area contributed by atoms with Crippen LogP contribution < -0.4 is 5.32 Å². The normalized spacial score (nSPS) is 19.0. The van der Waals surface area contributed by atoms with Crippen molar-refractivity contribution in [2.45, 2.75) is 19.8 Å². The first-order valence-electron chi connectivity index (χ1n) is 8.26. The van der Waals surface area contributed by atoms with E-state index in [9.17, 15) is 4.79 Å². The van der Waals surface area contributed by atoms with Crippen LogP contribution in [-0.4, -0.2) is 46.8 Å². The first-order chi connectivity index (χ1) is 11.2. The molecule has 0 unspecified atom stereocenters. The van der Waals surface area contributed by atoms with E-state index in [1.807, 2.05) is 30.6 Å². The molecule has 1 atom stereocenters. The van der Waals surface area contributed by atoms with Crippen molar-refractivity contribution in [3.63, 3.8) is 0 Å². The summed E-state index contributed by atoms with van der Waals surface area (Å²) in [5.41, 5.74) is 1.49. The molecule has 0 saturated carbocycles.